The third-order valence-corrected chi connectivity index (χ3v) is 6.22. The topological polar surface area (TPSA) is 110 Å². The number of hydrogen-bond donors (Lipinski definition) is 1. The predicted molar refractivity (Wildman–Crippen MR) is 123 cm³/mol. The SMILES string of the molecule is Cc1cc(Cc2nnc([C@@H]3CNC(=O)O3)o2)c(C)c(CN2CCN(C(=O)OC(C)C)[C@@H](C)C2)c1. The van der Waals surface area contributed by atoms with E-state index in [0.29, 0.717) is 31.3 Å². The van der Waals surface area contributed by atoms with E-state index in [-0.39, 0.29) is 18.2 Å². The molecule has 0 unspecified atom stereocenters. The largest absolute Gasteiger partial charge is 0.447 e. The predicted octanol–water partition coefficient (Wildman–Crippen LogP) is 3.11. The van der Waals surface area contributed by atoms with Crippen LogP contribution in [0.4, 0.5) is 9.59 Å². The maximum atomic E-state index is 12.3. The molecular formula is C24H33N5O5. The molecule has 10 heteroatoms. The third-order valence-electron chi connectivity index (χ3n) is 6.22. The Morgan fingerprint density at radius 2 is 2.00 bits per heavy atom. The Bertz CT molecular complexity index is 1050. The molecule has 3 heterocycles. The van der Waals surface area contributed by atoms with Crippen molar-refractivity contribution >= 4 is 12.2 Å². The Morgan fingerprint density at radius 1 is 1.24 bits per heavy atom. The molecule has 1 N–H and O–H groups in total. The van der Waals surface area contributed by atoms with Crippen LogP contribution >= 0.6 is 0 Å². The molecule has 34 heavy (non-hydrogen) atoms. The van der Waals surface area contributed by atoms with Gasteiger partial charge in [-0.3, -0.25) is 4.90 Å². The van der Waals surface area contributed by atoms with Crippen LogP contribution in [-0.4, -0.2) is 70.5 Å². The van der Waals surface area contributed by atoms with Crippen molar-refractivity contribution in [1.82, 2.24) is 25.3 Å². The molecule has 2 aliphatic heterocycles. The molecule has 0 spiro atoms. The number of alkyl carbamates (subject to hydrolysis) is 1. The minimum atomic E-state index is -0.540. The van der Waals surface area contributed by atoms with Crippen LogP contribution in [0.25, 0.3) is 0 Å². The van der Waals surface area contributed by atoms with Crippen molar-refractivity contribution in [2.24, 2.45) is 0 Å². The van der Waals surface area contributed by atoms with Gasteiger partial charge in [0.1, 0.15) is 0 Å². The lowest BCUT2D eigenvalue weighted by atomic mass is 9.96. The zero-order chi connectivity index (χ0) is 24.4. The molecule has 1 aromatic carbocycles. The summed E-state index contributed by atoms with van der Waals surface area (Å²) in [5.41, 5.74) is 4.72. The van der Waals surface area contributed by atoms with Crippen LogP contribution in [0.5, 0.6) is 0 Å². The molecule has 0 bridgehead atoms. The Morgan fingerprint density at radius 3 is 2.68 bits per heavy atom. The number of hydrogen-bond acceptors (Lipinski definition) is 8. The maximum absolute atomic E-state index is 12.3. The van der Waals surface area contributed by atoms with Crippen molar-refractivity contribution in [3.63, 3.8) is 0 Å². The first kappa shape index (κ1) is 24.0. The standard InChI is InChI=1S/C24H33N5O5/c1-14(2)32-24(31)29-7-6-28(12-16(29)4)13-19-9-15(3)8-18(17(19)5)10-21-26-27-22(34-21)20-11-25-23(30)33-20/h8-9,14,16,20H,6-7,10-13H2,1-5H3,(H,25,30)/t16-,20-/m0/s1. The lowest BCUT2D eigenvalue weighted by Gasteiger charge is -2.39. The molecule has 2 fully saturated rings. The van der Waals surface area contributed by atoms with Crippen LogP contribution in [0.3, 0.4) is 0 Å². The average Bonchev–Trinajstić information content (AvgIpc) is 3.40. The normalized spacial score (nSPS) is 21.0. The molecule has 0 radical (unpaired) electrons. The Labute approximate surface area is 199 Å². The third kappa shape index (κ3) is 5.49. The first-order chi connectivity index (χ1) is 16.2. The average molecular weight is 472 g/mol. The summed E-state index contributed by atoms with van der Waals surface area (Å²) in [5, 5.41) is 10.8. The number of benzene rings is 1. The summed E-state index contributed by atoms with van der Waals surface area (Å²) in [5.74, 6) is 0.797. The Hall–Kier alpha value is -3.14. The van der Waals surface area contributed by atoms with Gasteiger partial charge in [-0.25, -0.2) is 9.59 Å². The smallest absolute Gasteiger partial charge is 0.410 e. The number of carbonyl (C=O) groups is 2. The zero-order valence-corrected chi connectivity index (χ0v) is 20.5. The number of carbonyl (C=O) groups excluding carboxylic acids is 2. The number of aryl methyl sites for hydroxylation is 1. The minimum absolute atomic E-state index is 0.0839. The number of nitrogens with one attached hydrogen (secondary N) is 1. The second-order valence-corrected chi connectivity index (χ2v) is 9.40. The minimum Gasteiger partial charge on any atom is -0.447 e. The van der Waals surface area contributed by atoms with Gasteiger partial charge in [0.2, 0.25) is 5.89 Å². The van der Waals surface area contributed by atoms with E-state index in [2.05, 4.69) is 53.3 Å². The van der Waals surface area contributed by atoms with Crippen molar-refractivity contribution in [1.29, 1.82) is 0 Å². The summed E-state index contributed by atoms with van der Waals surface area (Å²) in [4.78, 5) is 27.8. The molecule has 4 rings (SSSR count). The van der Waals surface area contributed by atoms with Gasteiger partial charge in [0.05, 0.1) is 19.1 Å². The molecule has 184 valence electrons. The van der Waals surface area contributed by atoms with Crippen LogP contribution < -0.4 is 5.32 Å². The lowest BCUT2D eigenvalue weighted by molar-refractivity contribution is 0.0349. The summed E-state index contributed by atoms with van der Waals surface area (Å²) in [6.07, 6.45) is -0.867. The second kappa shape index (κ2) is 10.0. The Kier molecular flexibility index (Phi) is 7.06. The molecule has 10 nitrogen and oxygen atoms in total. The summed E-state index contributed by atoms with van der Waals surface area (Å²) in [6.45, 7) is 13.4. The number of ether oxygens (including phenoxy) is 2. The molecule has 0 aliphatic carbocycles. The molecule has 0 saturated carbocycles. The van der Waals surface area contributed by atoms with E-state index in [0.717, 1.165) is 30.8 Å². The lowest BCUT2D eigenvalue weighted by Crippen LogP contribution is -2.54. The van der Waals surface area contributed by atoms with E-state index in [1.165, 1.54) is 11.1 Å². The molecular weight excluding hydrogens is 438 g/mol. The van der Waals surface area contributed by atoms with Crippen molar-refractivity contribution < 1.29 is 23.5 Å². The highest BCUT2D eigenvalue weighted by Crippen LogP contribution is 2.25. The molecule has 2 amide bonds. The highest BCUT2D eigenvalue weighted by Gasteiger charge is 2.30. The van der Waals surface area contributed by atoms with Crippen molar-refractivity contribution in [2.45, 2.75) is 65.8 Å². The molecule has 2 saturated heterocycles. The van der Waals surface area contributed by atoms with E-state index in [1.807, 2.05) is 18.7 Å². The van der Waals surface area contributed by atoms with Crippen LogP contribution in [-0.2, 0) is 22.4 Å². The molecule has 1 aromatic heterocycles. The van der Waals surface area contributed by atoms with Gasteiger partial charge in [-0.05, 0) is 51.3 Å². The van der Waals surface area contributed by atoms with Gasteiger partial charge in [0.25, 0.3) is 5.89 Å². The fraction of sp³-hybridized carbons (Fsp3) is 0.583. The van der Waals surface area contributed by atoms with Crippen molar-refractivity contribution in [2.75, 3.05) is 26.2 Å². The number of nitrogens with zero attached hydrogens (tertiary/aromatic N) is 4. The number of amides is 2. The first-order valence-electron chi connectivity index (χ1n) is 11.7. The highest BCUT2D eigenvalue weighted by molar-refractivity contribution is 5.69. The molecule has 2 aliphatic rings. The second-order valence-electron chi connectivity index (χ2n) is 9.40. The van der Waals surface area contributed by atoms with E-state index in [9.17, 15) is 9.59 Å². The van der Waals surface area contributed by atoms with E-state index in [4.69, 9.17) is 13.9 Å². The maximum Gasteiger partial charge on any atom is 0.410 e. The zero-order valence-electron chi connectivity index (χ0n) is 20.5. The van der Waals surface area contributed by atoms with E-state index < -0.39 is 12.2 Å². The number of rotatable bonds is 6. The van der Waals surface area contributed by atoms with Crippen LogP contribution in [0.2, 0.25) is 0 Å². The van der Waals surface area contributed by atoms with Gasteiger partial charge >= 0.3 is 12.2 Å². The van der Waals surface area contributed by atoms with Crippen LogP contribution in [0.1, 0.15) is 60.9 Å². The van der Waals surface area contributed by atoms with Crippen LogP contribution in [0.15, 0.2) is 16.5 Å². The highest BCUT2D eigenvalue weighted by atomic mass is 16.6. The van der Waals surface area contributed by atoms with Gasteiger partial charge in [-0.2, -0.15) is 0 Å². The van der Waals surface area contributed by atoms with Crippen molar-refractivity contribution in [3.05, 3.63) is 46.2 Å². The monoisotopic (exact) mass is 471 g/mol. The fourth-order valence-electron chi connectivity index (χ4n) is 4.48. The Balaban J connectivity index is 1.42. The van der Waals surface area contributed by atoms with Gasteiger partial charge in [-0.1, -0.05) is 17.7 Å². The first-order valence-corrected chi connectivity index (χ1v) is 11.7. The summed E-state index contributed by atoms with van der Waals surface area (Å²) in [6, 6.07) is 4.44. The summed E-state index contributed by atoms with van der Waals surface area (Å²) < 4.78 is 16.3. The molecule has 2 aromatic rings. The number of aromatic nitrogens is 2. The number of cyclic esters (lactones) is 1. The van der Waals surface area contributed by atoms with Crippen molar-refractivity contribution in [3.8, 4) is 0 Å². The van der Waals surface area contributed by atoms with E-state index >= 15 is 0 Å². The fourth-order valence-corrected chi connectivity index (χ4v) is 4.48. The van der Waals surface area contributed by atoms with Gasteiger partial charge in [-0.15, -0.1) is 10.2 Å². The molecule has 2 atom stereocenters. The van der Waals surface area contributed by atoms with Gasteiger partial charge in [0.15, 0.2) is 6.10 Å². The van der Waals surface area contributed by atoms with Gasteiger partial charge < -0.3 is 24.1 Å². The van der Waals surface area contributed by atoms with Gasteiger partial charge in [0, 0.05) is 32.2 Å². The quantitative estimate of drug-likeness (QED) is 0.684. The summed E-state index contributed by atoms with van der Waals surface area (Å²) in [7, 11) is 0. The summed E-state index contributed by atoms with van der Waals surface area (Å²) >= 11 is 0. The van der Waals surface area contributed by atoms with E-state index in [1.54, 1.807) is 0 Å². The number of piperazine rings is 1. The van der Waals surface area contributed by atoms with Crippen LogP contribution in [0, 0.1) is 13.8 Å².